The molecule has 19 heavy (non-hydrogen) atoms. The number of aromatic nitrogens is 5. The fraction of sp³-hybridized carbons (Fsp3) is 0.167. The molecule has 7 heteroatoms. The maximum Gasteiger partial charge on any atom is 0.272 e. The minimum Gasteiger partial charge on any atom is -0.346 e. The lowest BCUT2D eigenvalue weighted by Gasteiger charge is -1.99. The first kappa shape index (κ1) is 11.4. The van der Waals surface area contributed by atoms with E-state index < -0.39 is 0 Å². The predicted molar refractivity (Wildman–Crippen MR) is 67.4 cm³/mol. The largest absolute Gasteiger partial charge is 0.346 e. The lowest BCUT2D eigenvalue weighted by molar-refractivity contribution is 0.0945. The fourth-order valence-corrected chi connectivity index (χ4v) is 1.78. The van der Waals surface area contributed by atoms with Crippen molar-refractivity contribution in [1.29, 1.82) is 0 Å². The van der Waals surface area contributed by atoms with Gasteiger partial charge in [-0.15, -0.1) is 0 Å². The van der Waals surface area contributed by atoms with E-state index in [9.17, 15) is 4.79 Å². The molecular formula is C12H12N6O. The Morgan fingerprint density at radius 2 is 2.37 bits per heavy atom. The van der Waals surface area contributed by atoms with E-state index in [1.54, 1.807) is 39.9 Å². The standard InChI is InChI=1S/C12H12N6O/c1-17-8-9(7-15-17)6-14-12(19)10-5-11-13-3-2-4-18(11)16-10/h2-5,7-8H,6H2,1H3,(H,14,19). The van der Waals surface area contributed by atoms with E-state index in [1.165, 1.54) is 0 Å². The molecule has 0 aliphatic rings. The fourth-order valence-electron chi connectivity index (χ4n) is 1.78. The van der Waals surface area contributed by atoms with Crippen LogP contribution in [0, 0.1) is 0 Å². The molecule has 0 aromatic carbocycles. The van der Waals surface area contributed by atoms with Gasteiger partial charge in [-0.05, 0) is 6.07 Å². The van der Waals surface area contributed by atoms with Gasteiger partial charge in [0.2, 0.25) is 0 Å². The first-order valence-electron chi connectivity index (χ1n) is 5.78. The van der Waals surface area contributed by atoms with Crippen molar-refractivity contribution in [2.45, 2.75) is 6.54 Å². The summed E-state index contributed by atoms with van der Waals surface area (Å²) in [5.41, 5.74) is 1.94. The molecule has 0 aliphatic carbocycles. The van der Waals surface area contributed by atoms with Crippen molar-refractivity contribution in [3.8, 4) is 0 Å². The number of hydrogen-bond acceptors (Lipinski definition) is 4. The molecule has 3 rings (SSSR count). The van der Waals surface area contributed by atoms with Crippen LogP contribution in [0.4, 0.5) is 0 Å². The number of hydrogen-bond donors (Lipinski definition) is 1. The highest BCUT2D eigenvalue weighted by atomic mass is 16.1. The van der Waals surface area contributed by atoms with Crippen molar-refractivity contribution in [3.63, 3.8) is 0 Å². The van der Waals surface area contributed by atoms with Crippen molar-refractivity contribution >= 4 is 11.6 Å². The Morgan fingerprint density at radius 1 is 1.47 bits per heavy atom. The summed E-state index contributed by atoms with van der Waals surface area (Å²) in [6.07, 6.45) is 6.98. The van der Waals surface area contributed by atoms with Crippen molar-refractivity contribution in [2.75, 3.05) is 0 Å². The summed E-state index contributed by atoms with van der Waals surface area (Å²) < 4.78 is 3.26. The van der Waals surface area contributed by atoms with Crippen LogP contribution in [0.5, 0.6) is 0 Å². The van der Waals surface area contributed by atoms with Gasteiger partial charge in [-0.25, -0.2) is 9.50 Å². The second kappa shape index (κ2) is 4.52. The molecule has 0 radical (unpaired) electrons. The number of rotatable bonds is 3. The van der Waals surface area contributed by atoms with Gasteiger partial charge in [0.05, 0.1) is 6.20 Å². The lowest BCUT2D eigenvalue weighted by Crippen LogP contribution is -2.23. The molecular weight excluding hydrogens is 244 g/mol. The average Bonchev–Trinajstić information content (AvgIpc) is 3.01. The highest BCUT2D eigenvalue weighted by Crippen LogP contribution is 2.03. The van der Waals surface area contributed by atoms with E-state index in [0.29, 0.717) is 17.9 Å². The molecule has 1 amide bonds. The molecule has 3 aromatic rings. The van der Waals surface area contributed by atoms with Gasteiger partial charge in [-0.3, -0.25) is 9.48 Å². The third-order valence-electron chi connectivity index (χ3n) is 2.68. The van der Waals surface area contributed by atoms with Gasteiger partial charge in [0, 0.05) is 43.8 Å². The lowest BCUT2D eigenvalue weighted by atomic mass is 10.3. The van der Waals surface area contributed by atoms with Gasteiger partial charge >= 0.3 is 0 Å². The van der Waals surface area contributed by atoms with Crippen molar-refractivity contribution in [1.82, 2.24) is 29.7 Å². The summed E-state index contributed by atoms with van der Waals surface area (Å²) in [7, 11) is 1.83. The smallest absolute Gasteiger partial charge is 0.272 e. The number of amides is 1. The van der Waals surface area contributed by atoms with Gasteiger partial charge in [-0.2, -0.15) is 10.2 Å². The van der Waals surface area contributed by atoms with Gasteiger partial charge in [-0.1, -0.05) is 0 Å². The summed E-state index contributed by atoms with van der Waals surface area (Å²) in [5.74, 6) is -0.227. The molecule has 0 unspecified atom stereocenters. The minimum absolute atomic E-state index is 0.227. The first-order valence-corrected chi connectivity index (χ1v) is 5.78. The average molecular weight is 256 g/mol. The zero-order valence-corrected chi connectivity index (χ0v) is 10.3. The third-order valence-corrected chi connectivity index (χ3v) is 2.68. The monoisotopic (exact) mass is 256 g/mol. The van der Waals surface area contributed by atoms with E-state index in [0.717, 1.165) is 5.56 Å². The van der Waals surface area contributed by atoms with Crippen LogP contribution in [-0.2, 0) is 13.6 Å². The Hall–Kier alpha value is -2.70. The number of carbonyl (C=O) groups excluding carboxylic acids is 1. The summed E-state index contributed by atoms with van der Waals surface area (Å²) in [6, 6.07) is 3.41. The molecule has 0 saturated heterocycles. The topological polar surface area (TPSA) is 77.1 Å². The van der Waals surface area contributed by atoms with E-state index in [-0.39, 0.29) is 5.91 Å². The van der Waals surface area contributed by atoms with Crippen LogP contribution < -0.4 is 5.32 Å². The molecule has 7 nitrogen and oxygen atoms in total. The number of aryl methyl sites for hydroxylation is 1. The SMILES string of the molecule is Cn1cc(CNC(=O)c2cc3ncccn3n2)cn1. The van der Waals surface area contributed by atoms with Crippen molar-refractivity contribution in [3.05, 3.63) is 48.2 Å². The highest BCUT2D eigenvalue weighted by Gasteiger charge is 2.11. The van der Waals surface area contributed by atoms with E-state index in [2.05, 4.69) is 20.5 Å². The van der Waals surface area contributed by atoms with Crippen molar-refractivity contribution < 1.29 is 4.79 Å². The second-order valence-electron chi connectivity index (χ2n) is 4.16. The molecule has 0 aliphatic heterocycles. The van der Waals surface area contributed by atoms with Crippen LogP contribution in [0.1, 0.15) is 16.1 Å². The minimum atomic E-state index is -0.227. The predicted octanol–water partition coefficient (Wildman–Crippen LogP) is 0.393. The Bertz CT molecular complexity index is 695. The normalized spacial score (nSPS) is 10.8. The third kappa shape index (κ3) is 2.30. The van der Waals surface area contributed by atoms with Gasteiger partial charge in [0.1, 0.15) is 0 Å². The molecule has 3 aromatic heterocycles. The molecule has 0 bridgehead atoms. The second-order valence-corrected chi connectivity index (χ2v) is 4.16. The van der Waals surface area contributed by atoms with E-state index >= 15 is 0 Å². The molecule has 0 fully saturated rings. The van der Waals surface area contributed by atoms with Gasteiger partial charge in [0.25, 0.3) is 5.91 Å². The Balaban J connectivity index is 1.73. The maximum atomic E-state index is 12.0. The van der Waals surface area contributed by atoms with Gasteiger partial charge in [0.15, 0.2) is 11.3 Å². The summed E-state index contributed by atoms with van der Waals surface area (Å²) >= 11 is 0. The van der Waals surface area contributed by atoms with Crippen LogP contribution in [0.2, 0.25) is 0 Å². The molecule has 0 spiro atoms. The highest BCUT2D eigenvalue weighted by molar-refractivity contribution is 5.93. The Morgan fingerprint density at radius 3 is 3.11 bits per heavy atom. The molecule has 96 valence electrons. The molecule has 0 saturated carbocycles. The Labute approximate surface area is 108 Å². The number of nitrogens with one attached hydrogen (secondary N) is 1. The van der Waals surface area contributed by atoms with Crippen LogP contribution in [0.15, 0.2) is 36.9 Å². The summed E-state index contributed by atoms with van der Waals surface area (Å²) in [6.45, 7) is 0.425. The van der Waals surface area contributed by atoms with Crippen molar-refractivity contribution in [2.24, 2.45) is 7.05 Å². The quantitative estimate of drug-likeness (QED) is 0.735. The molecule has 3 heterocycles. The maximum absolute atomic E-state index is 12.0. The first-order chi connectivity index (χ1) is 9.22. The number of nitrogens with zero attached hydrogens (tertiary/aromatic N) is 5. The van der Waals surface area contributed by atoms with Crippen LogP contribution in [-0.4, -0.2) is 30.3 Å². The zero-order chi connectivity index (χ0) is 13.2. The summed E-state index contributed by atoms with van der Waals surface area (Å²) in [4.78, 5) is 16.1. The number of carbonyl (C=O) groups is 1. The Kier molecular flexibility index (Phi) is 2.71. The van der Waals surface area contributed by atoms with Gasteiger partial charge < -0.3 is 5.32 Å². The van der Waals surface area contributed by atoms with Crippen LogP contribution in [0.3, 0.4) is 0 Å². The number of fused-ring (bicyclic) bond motifs is 1. The molecule has 1 N–H and O–H groups in total. The van der Waals surface area contributed by atoms with Crippen LogP contribution in [0.25, 0.3) is 5.65 Å². The van der Waals surface area contributed by atoms with E-state index in [1.807, 2.05) is 13.2 Å². The summed E-state index contributed by atoms with van der Waals surface area (Å²) in [5, 5.41) is 11.0. The molecule has 0 atom stereocenters. The zero-order valence-electron chi connectivity index (χ0n) is 10.3. The van der Waals surface area contributed by atoms with E-state index in [4.69, 9.17) is 0 Å². The van der Waals surface area contributed by atoms with Crippen LogP contribution >= 0.6 is 0 Å².